The Labute approximate surface area is 69.2 Å². The third-order valence-electron chi connectivity index (χ3n) is 1.01. The van der Waals surface area contributed by atoms with E-state index in [0.717, 1.165) is 0 Å². The Morgan fingerprint density at radius 2 is 1.36 bits per heavy atom. The van der Waals surface area contributed by atoms with E-state index >= 15 is 0 Å². The lowest BCUT2D eigenvalue weighted by Gasteiger charge is -2.19. The smallest absolute Gasteiger partial charge is 0.177 e. The van der Waals surface area contributed by atoms with Gasteiger partial charge in [-0.05, 0) is 33.8 Å². The van der Waals surface area contributed by atoms with Gasteiger partial charge in [0.25, 0.3) is 0 Å². The summed E-state index contributed by atoms with van der Waals surface area (Å²) in [7, 11) is 0. The fourth-order valence-corrected chi connectivity index (χ4v) is 0.680. The molecule has 0 radical (unpaired) electrons. The largest absolute Gasteiger partial charge is 0.346 e. The summed E-state index contributed by atoms with van der Waals surface area (Å²) in [5.41, 5.74) is 0. The maximum absolute atomic E-state index is 5.37. The Bertz CT molecular complexity index is 98.1. The minimum absolute atomic E-state index is 0.178. The highest BCUT2D eigenvalue weighted by Gasteiger charge is 2.07. The van der Waals surface area contributed by atoms with Crippen molar-refractivity contribution < 1.29 is 9.47 Å². The van der Waals surface area contributed by atoms with Crippen LogP contribution < -0.4 is 0 Å². The second kappa shape index (κ2) is 5.33. The first-order chi connectivity index (χ1) is 5.06. The molecule has 0 aliphatic heterocycles. The van der Waals surface area contributed by atoms with Crippen molar-refractivity contribution in [2.45, 2.75) is 46.2 Å². The monoisotopic (exact) mass is 158 g/mol. The van der Waals surface area contributed by atoms with E-state index < -0.39 is 0 Å². The number of hydrogen-bond acceptors (Lipinski definition) is 2. The van der Waals surface area contributed by atoms with Crippen molar-refractivity contribution in [3.63, 3.8) is 0 Å². The lowest BCUT2D eigenvalue weighted by Crippen LogP contribution is -2.22. The van der Waals surface area contributed by atoms with Crippen molar-refractivity contribution in [1.29, 1.82) is 0 Å². The van der Waals surface area contributed by atoms with Crippen LogP contribution in [0.25, 0.3) is 0 Å². The molecule has 0 aromatic carbocycles. The normalized spacial score (nSPS) is 11.5. The predicted octanol–water partition coefficient (Wildman–Crippen LogP) is 2.35. The Morgan fingerprint density at radius 3 is 1.55 bits per heavy atom. The van der Waals surface area contributed by atoms with Gasteiger partial charge in [-0.3, -0.25) is 0 Å². The van der Waals surface area contributed by atoms with Crippen LogP contribution in [0.15, 0.2) is 12.7 Å². The zero-order chi connectivity index (χ0) is 8.85. The van der Waals surface area contributed by atoms with Crippen LogP contribution >= 0.6 is 0 Å². The molecule has 0 unspecified atom stereocenters. The molecule has 0 atom stereocenters. The summed E-state index contributed by atoms with van der Waals surface area (Å²) in [6.07, 6.45) is 1.75. The maximum Gasteiger partial charge on any atom is 0.177 e. The second-order valence-electron chi connectivity index (χ2n) is 2.97. The molecule has 0 N–H and O–H groups in total. The summed E-state index contributed by atoms with van der Waals surface area (Å²) in [6, 6.07) is 0. The van der Waals surface area contributed by atoms with E-state index in [0.29, 0.717) is 0 Å². The predicted molar refractivity (Wildman–Crippen MR) is 46.4 cm³/mol. The number of ether oxygens (including phenoxy) is 2. The summed E-state index contributed by atoms with van der Waals surface area (Å²) in [4.78, 5) is 0. The lowest BCUT2D eigenvalue weighted by atomic mass is 10.4. The Kier molecular flexibility index (Phi) is 5.16. The average molecular weight is 158 g/mol. The van der Waals surface area contributed by atoms with E-state index in [2.05, 4.69) is 6.58 Å². The molecule has 0 saturated carbocycles. The quantitative estimate of drug-likeness (QED) is 0.451. The molecule has 0 saturated heterocycles. The minimum Gasteiger partial charge on any atom is -0.346 e. The van der Waals surface area contributed by atoms with Crippen molar-refractivity contribution in [2.24, 2.45) is 0 Å². The van der Waals surface area contributed by atoms with Crippen LogP contribution in [-0.2, 0) is 9.47 Å². The number of rotatable bonds is 5. The van der Waals surface area contributed by atoms with E-state index in [1.54, 1.807) is 6.08 Å². The lowest BCUT2D eigenvalue weighted by molar-refractivity contribution is -0.152. The topological polar surface area (TPSA) is 18.5 Å². The van der Waals surface area contributed by atoms with Crippen molar-refractivity contribution in [2.75, 3.05) is 0 Å². The van der Waals surface area contributed by atoms with Gasteiger partial charge in [0, 0.05) is 0 Å². The molecule has 0 aliphatic carbocycles. The zero-order valence-corrected chi connectivity index (χ0v) is 7.83. The average Bonchev–Trinajstić information content (AvgIpc) is 1.84. The molecule has 2 nitrogen and oxygen atoms in total. The van der Waals surface area contributed by atoms with Crippen LogP contribution in [0.1, 0.15) is 27.7 Å². The molecule has 0 amide bonds. The van der Waals surface area contributed by atoms with Gasteiger partial charge in [0.15, 0.2) is 6.29 Å². The molecule has 0 fully saturated rings. The second-order valence-corrected chi connectivity index (χ2v) is 2.97. The van der Waals surface area contributed by atoms with Crippen LogP contribution in [0.5, 0.6) is 0 Å². The van der Waals surface area contributed by atoms with Gasteiger partial charge in [-0.2, -0.15) is 0 Å². The first kappa shape index (κ1) is 10.7. The Morgan fingerprint density at radius 1 is 1.00 bits per heavy atom. The fourth-order valence-electron chi connectivity index (χ4n) is 0.680. The van der Waals surface area contributed by atoms with Crippen molar-refractivity contribution in [3.05, 3.63) is 12.7 Å². The Hall–Kier alpha value is -0.340. The maximum atomic E-state index is 5.37. The van der Waals surface area contributed by atoms with Crippen LogP contribution in [0.2, 0.25) is 0 Å². The third kappa shape index (κ3) is 6.07. The highest BCUT2D eigenvalue weighted by molar-refractivity contribution is 4.73. The van der Waals surface area contributed by atoms with E-state index in [1.807, 2.05) is 27.7 Å². The van der Waals surface area contributed by atoms with E-state index in [1.165, 1.54) is 0 Å². The van der Waals surface area contributed by atoms with Gasteiger partial charge < -0.3 is 9.47 Å². The molecule has 66 valence electrons. The fraction of sp³-hybridized carbons (Fsp3) is 0.778. The van der Waals surface area contributed by atoms with Gasteiger partial charge in [-0.15, -0.1) is 0 Å². The molecule has 0 aliphatic rings. The first-order valence-electron chi connectivity index (χ1n) is 3.99. The molecule has 0 spiro atoms. The molecular weight excluding hydrogens is 140 g/mol. The molecule has 11 heavy (non-hydrogen) atoms. The van der Waals surface area contributed by atoms with Crippen LogP contribution in [0.4, 0.5) is 0 Å². The standard InChI is InChI=1S/C9H18O2/c1-6-9(10-7(2)3)11-8(4)5/h6-9H,1H2,2-5H3. The van der Waals surface area contributed by atoms with Crippen LogP contribution in [0, 0.1) is 0 Å². The molecule has 0 aromatic heterocycles. The van der Waals surface area contributed by atoms with Gasteiger partial charge in [0.1, 0.15) is 0 Å². The van der Waals surface area contributed by atoms with Gasteiger partial charge in [0.05, 0.1) is 12.2 Å². The Balaban J connectivity index is 3.67. The van der Waals surface area contributed by atoms with E-state index in [-0.39, 0.29) is 18.5 Å². The highest BCUT2D eigenvalue weighted by Crippen LogP contribution is 2.03. The zero-order valence-electron chi connectivity index (χ0n) is 7.83. The van der Waals surface area contributed by atoms with Crippen LogP contribution in [-0.4, -0.2) is 18.5 Å². The summed E-state index contributed by atoms with van der Waals surface area (Å²) in [5, 5.41) is 0. The summed E-state index contributed by atoms with van der Waals surface area (Å²) < 4.78 is 10.7. The van der Waals surface area contributed by atoms with Gasteiger partial charge >= 0.3 is 0 Å². The van der Waals surface area contributed by atoms with Crippen molar-refractivity contribution >= 4 is 0 Å². The first-order valence-corrected chi connectivity index (χ1v) is 3.99. The van der Waals surface area contributed by atoms with E-state index in [9.17, 15) is 0 Å². The number of hydrogen-bond donors (Lipinski definition) is 0. The molecule has 0 rings (SSSR count). The van der Waals surface area contributed by atoms with E-state index in [4.69, 9.17) is 9.47 Å². The van der Waals surface area contributed by atoms with Crippen LogP contribution in [0.3, 0.4) is 0 Å². The molecule has 2 heteroatoms. The van der Waals surface area contributed by atoms with Gasteiger partial charge in [-0.1, -0.05) is 6.58 Å². The minimum atomic E-state index is -0.269. The van der Waals surface area contributed by atoms with Crippen molar-refractivity contribution in [1.82, 2.24) is 0 Å². The van der Waals surface area contributed by atoms with Crippen molar-refractivity contribution in [3.8, 4) is 0 Å². The summed E-state index contributed by atoms with van der Waals surface area (Å²) >= 11 is 0. The highest BCUT2D eigenvalue weighted by atomic mass is 16.7. The summed E-state index contributed by atoms with van der Waals surface area (Å²) in [5.74, 6) is 0. The molecule has 0 heterocycles. The summed E-state index contributed by atoms with van der Waals surface area (Å²) in [6.45, 7) is 11.5. The van der Waals surface area contributed by atoms with Gasteiger partial charge in [-0.25, -0.2) is 0 Å². The third-order valence-corrected chi connectivity index (χ3v) is 1.01. The molecule has 0 bridgehead atoms. The molecule has 0 aromatic rings. The molecular formula is C9H18O2. The van der Waals surface area contributed by atoms with Gasteiger partial charge in [0.2, 0.25) is 0 Å². The SMILES string of the molecule is C=CC(OC(C)C)OC(C)C.